The summed E-state index contributed by atoms with van der Waals surface area (Å²) in [7, 11) is 1.75. The second-order valence-corrected chi connectivity index (χ2v) is 8.40. The Kier molecular flexibility index (Phi) is 12.5. The van der Waals surface area contributed by atoms with Crippen LogP contribution in [0.1, 0.15) is 82.5 Å². The second kappa shape index (κ2) is 15.2. The molecule has 0 aliphatic heterocycles. The zero-order valence-corrected chi connectivity index (χ0v) is 19.4. The van der Waals surface area contributed by atoms with Crippen LogP contribution in [0.2, 0.25) is 0 Å². The number of methoxy groups -OCH3 is 1. The summed E-state index contributed by atoms with van der Waals surface area (Å²) < 4.78 is 7.48. The highest BCUT2D eigenvalue weighted by Crippen LogP contribution is 2.21. The van der Waals surface area contributed by atoms with Gasteiger partial charge in [0.05, 0.1) is 5.69 Å². The molecule has 0 saturated carbocycles. The van der Waals surface area contributed by atoms with Gasteiger partial charge in [-0.05, 0) is 37.8 Å². The van der Waals surface area contributed by atoms with E-state index in [1.54, 1.807) is 7.11 Å². The smallest absolute Gasteiger partial charge is 0.109 e. The maximum atomic E-state index is 5.71. The molecular formula is C26H43N3O. The van der Waals surface area contributed by atoms with Gasteiger partial charge in [0.2, 0.25) is 0 Å². The van der Waals surface area contributed by atoms with E-state index in [1.807, 2.05) is 0 Å². The van der Waals surface area contributed by atoms with E-state index in [4.69, 9.17) is 15.5 Å². The molecule has 2 rings (SSSR count). The number of ether oxygens (including phenoxy) is 1. The Bertz CT molecular complexity index is 678. The van der Waals surface area contributed by atoms with Gasteiger partial charge in [-0.25, -0.2) is 4.98 Å². The molecule has 4 heteroatoms. The van der Waals surface area contributed by atoms with Crippen LogP contribution in [0.5, 0.6) is 0 Å². The minimum absolute atomic E-state index is 0.702. The van der Waals surface area contributed by atoms with Crippen molar-refractivity contribution in [3.8, 4) is 11.3 Å². The fourth-order valence-electron chi connectivity index (χ4n) is 3.93. The molecule has 0 radical (unpaired) electrons. The largest absolute Gasteiger partial charge is 0.385 e. The van der Waals surface area contributed by atoms with Gasteiger partial charge >= 0.3 is 0 Å². The number of unbranched alkanes of at least 4 members (excludes halogenated alkanes) is 7. The van der Waals surface area contributed by atoms with E-state index < -0.39 is 0 Å². The predicted octanol–water partition coefficient (Wildman–Crippen LogP) is 6.16. The van der Waals surface area contributed by atoms with Crippen LogP contribution in [0.4, 0.5) is 0 Å². The molecule has 0 saturated heterocycles. The first kappa shape index (κ1) is 24.6. The average Bonchev–Trinajstić information content (AvgIpc) is 3.17. The highest BCUT2D eigenvalue weighted by Gasteiger charge is 2.09. The van der Waals surface area contributed by atoms with Gasteiger partial charge in [0, 0.05) is 38.4 Å². The summed E-state index contributed by atoms with van der Waals surface area (Å²) in [5.74, 6) is 1.13. The lowest BCUT2D eigenvalue weighted by molar-refractivity contribution is 0.190. The molecule has 4 nitrogen and oxygen atoms in total. The van der Waals surface area contributed by atoms with Gasteiger partial charge in [-0.3, -0.25) is 0 Å². The minimum atomic E-state index is 0.702. The van der Waals surface area contributed by atoms with Crippen LogP contribution in [-0.4, -0.2) is 29.8 Å². The Hall–Kier alpha value is -1.65. The van der Waals surface area contributed by atoms with Crippen LogP contribution in [0.25, 0.3) is 11.3 Å². The van der Waals surface area contributed by atoms with Crippen LogP contribution >= 0.6 is 0 Å². The molecule has 0 atom stereocenters. The third-order valence-electron chi connectivity index (χ3n) is 5.78. The van der Waals surface area contributed by atoms with E-state index in [0.717, 1.165) is 43.9 Å². The number of aromatic nitrogens is 2. The normalized spacial score (nSPS) is 11.3. The van der Waals surface area contributed by atoms with Crippen LogP contribution in [0, 0.1) is 0 Å². The summed E-state index contributed by atoms with van der Waals surface area (Å²) in [6.07, 6.45) is 17.3. The maximum Gasteiger partial charge on any atom is 0.109 e. The summed E-state index contributed by atoms with van der Waals surface area (Å²) in [5, 5.41) is 0. The third-order valence-corrected chi connectivity index (χ3v) is 5.78. The lowest BCUT2D eigenvalue weighted by atomic mass is 10.0. The zero-order chi connectivity index (χ0) is 21.4. The van der Waals surface area contributed by atoms with Crippen molar-refractivity contribution in [1.82, 2.24) is 9.55 Å². The highest BCUT2D eigenvalue weighted by atomic mass is 16.5. The van der Waals surface area contributed by atoms with Gasteiger partial charge in [0.15, 0.2) is 0 Å². The predicted molar refractivity (Wildman–Crippen MR) is 128 cm³/mol. The van der Waals surface area contributed by atoms with E-state index in [-0.39, 0.29) is 0 Å². The third kappa shape index (κ3) is 9.01. The molecule has 0 fully saturated rings. The molecular weight excluding hydrogens is 370 g/mol. The van der Waals surface area contributed by atoms with Gasteiger partial charge in [-0.2, -0.15) is 0 Å². The Morgan fingerprint density at radius 1 is 0.867 bits per heavy atom. The Balaban J connectivity index is 1.84. The standard InChI is InChI=1S/C26H43N3O/c1-3-4-5-6-7-8-9-10-13-23-15-17-24(18-16-23)25-22-29(20-12-21-30-2)26(28-25)14-11-19-27/h15-18,22H,3-14,19-21,27H2,1-2H3. The summed E-state index contributed by atoms with van der Waals surface area (Å²) >= 11 is 0. The van der Waals surface area contributed by atoms with Crippen molar-refractivity contribution in [2.45, 2.75) is 90.5 Å². The van der Waals surface area contributed by atoms with Crippen molar-refractivity contribution in [2.24, 2.45) is 5.73 Å². The number of nitrogens with two attached hydrogens (primary N) is 1. The molecule has 1 heterocycles. The number of nitrogens with zero attached hydrogens (tertiary/aromatic N) is 2. The quantitative estimate of drug-likeness (QED) is 0.316. The number of imidazole rings is 1. The van der Waals surface area contributed by atoms with Crippen molar-refractivity contribution >= 4 is 0 Å². The fraction of sp³-hybridized carbons (Fsp3) is 0.654. The van der Waals surface area contributed by atoms with Crippen molar-refractivity contribution in [1.29, 1.82) is 0 Å². The van der Waals surface area contributed by atoms with E-state index in [9.17, 15) is 0 Å². The van der Waals surface area contributed by atoms with Crippen LogP contribution in [-0.2, 0) is 24.1 Å². The van der Waals surface area contributed by atoms with Crippen molar-refractivity contribution in [3.63, 3.8) is 0 Å². The van der Waals surface area contributed by atoms with E-state index in [0.29, 0.717) is 6.54 Å². The molecule has 0 unspecified atom stereocenters. The molecule has 0 bridgehead atoms. The Labute approximate surface area is 184 Å². The number of hydrogen-bond acceptors (Lipinski definition) is 3. The van der Waals surface area contributed by atoms with E-state index in [2.05, 4.69) is 42.0 Å². The average molecular weight is 414 g/mol. The molecule has 1 aromatic carbocycles. The number of rotatable bonds is 17. The Morgan fingerprint density at radius 3 is 2.23 bits per heavy atom. The van der Waals surface area contributed by atoms with E-state index >= 15 is 0 Å². The fourth-order valence-corrected chi connectivity index (χ4v) is 3.93. The molecule has 1 aromatic heterocycles. The number of benzene rings is 1. The van der Waals surface area contributed by atoms with Gasteiger partial charge in [0.1, 0.15) is 5.82 Å². The molecule has 2 aromatic rings. The summed E-state index contributed by atoms with van der Waals surface area (Å²) in [5.41, 5.74) is 9.42. The van der Waals surface area contributed by atoms with Crippen LogP contribution < -0.4 is 5.73 Å². The molecule has 30 heavy (non-hydrogen) atoms. The van der Waals surface area contributed by atoms with Gasteiger partial charge in [0.25, 0.3) is 0 Å². The summed E-state index contributed by atoms with van der Waals surface area (Å²) in [6, 6.07) is 9.02. The van der Waals surface area contributed by atoms with Gasteiger partial charge in [-0.1, -0.05) is 76.1 Å². The highest BCUT2D eigenvalue weighted by molar-refractivity contribution is 5.59. The van der Waals surface area contributed by atoms with Gasteiger partial charge < -0.3 is 15.0 Å². The van der Waals surface area contributed by atoms with Crippen LogP contribution in [0.3, 0.4) is 0 Å². The first-order valence-electron chi connectivity index (χ1n) is 12.1. The SMILES string of the molecule is CCCCCCCCCCc1ccc(-c2cn(CCCOC)c(CCCN)n2)cc1. The first-order chi connectivity index (χ1) is 14.8. The lowest BCUT2D eigenvalue weighted by Gasteiger charge is -2.06. The summed E-state index contributed by atoms with van der Waals surface area (Å²) in [4.78, 5) is 4.91. The van der Waals surface area contributed by atoms with Crippen LogP contribution in [0.15, 0.2) is 30.5 Å². The van der Waals surface area contributed by atoms with E-state index in [1.165, 1.54) is 68.9 Å². The maximum absolute atomic E-state index is 5.71. The molecule has 0 aliphatic carbocycles. The summed E-state index contributed by atoms with van der Waals surface area (Å²) in [6.45, 7) is 4.70. The Morgan fingerprint density at radius 2 is 1.57 bits per heavy atom. The minimum Gasteiger partial charge on any atom is -0.385 e. The number of hydrogen-bond donors (Lipinski definition) is 1. The topological polar surface area (TPSA) is 53.1 Å². The molecule has 0 aliphatic rings. The number of aryl methyl sites for hydroxylation is 3. The van der Waals surface area contributed by atoms with Gasteiger partial charge in [-0.15, -0.1) is 0 Å². The monoisotopic (exact) mass is 413 g/mol. The van der Waals surface area contributed by atoms with Crippen molar-refractivity contribution in [3.05, 3.63) is 41.9 Å². The second-order valence-electron chi connectivity index (χ2n) is 8.40. The lowest BCUT2D eigenvalue weighted by Crippen LogP contribution is -2.08. The molecule has 0 amide bonds. The first-order valence-corrected chi connectivity index (χ1v) is 12.1. The molecule has 0 spiro atoms. The van der Waals surface area contributed by atoms with Crippen molar-refractivity contribution < 1.29 is 4.74 Å². The molecule has 168 valence electrons. The van der Waals surface area contributed by atoms with Crippen molar-refractivity contribution in [2.75, 3.05) is 20.3 Å². The molecule has 2 N–H and O–H groups in total. The zero-order valence-electron chi connectivity index (χ0n) is 19.4.